The van der Waals surface area contributed by atoms with E-state index < -0.39 is 21.4 Å². The van der Waals surface area contributed by atoms with Crippen LogP contribution in [0.4, 0.5) is 0 Å². The molecule has 0 aromatic heterocycles. The molecule has 0 aromatic carbocycles. The van der Waals surface area contributed by atoms with Crippen molar-refractivity contribution in [3.8, 4) is 0 Å². The lowest BCUT2D eigenvalue weighted by atomic mass is 9.45. The van der Waals surface area contributed by atoms with Gasteiger partial charge in [0.05, 0.1) is 10.4 Å². The van der Waals surface area contributed by atoms with Crippen molar-refractivity contribution in [1.82, 2.24) is 0 Å². The lowest BCUT2D eigenvalue weighted by molar-refractivity contribution is -0.171. The molecular formula is C21H29BrO4. The van der Waals surface area contributed by atoms with Gasteiger partial charge in [0.1, 0.15) is 5.60 Å². The fourth-order valence-electron chi connectivity index (χ4n) is 7.15. The molecule has 5 heteroatoms. The Labute approximate surface area is 163 Å². The van der Waals surface area contributed by atoms with E-state index in [-0.39, 0.29) is 28.8 Å². The van der Waals surface area contributed by atoms with Gasteiger partial charge < -0.3 is 10.2 Å². The Morgan fingerprint density at radius 3 is 2.54 bits per heavy atom. The van der Waals surface area contributed by atoms with Crippen LogP contribution in [0.15, 0.2) is 11.6 Å². The van der Waals surface area contributed by atoms with Crippen LogP contribution in [0.25, 0.3) is 0 Å². The quantitative estimate of drug-likeness (QED) is 0.632. The molecule has 0 aliphatic heterocycles. The summed E-state index contributed by atoms with van der Waals surface area (Å²) in [6.07, 6.45) is 5.85. The van der Waals surface area contributed by atoms with E-state index in [0.717, 1.165) is 31.3 Å². The van der Waals surface area contributed by atoms with Crippen molar-refractivity contribution < 1.29 is 19.8 Å². The highest BCUT2D eigenvalue weighted by molar-refractivity contribution is 9.10. The number of Topliss-reactive ketones (excluding diaryl/α,β-unsaturated/α-hetero) is 1. The van der Waals surface area contributed by atoms with Crippen LogP contribution in [-0.4, -0.2) is 37.8 Å². The number of alkyl halides is 1. The van der Waals surface area contributed by atoms with Gasteiger partial charge in [-0.15, -0.1) is 0 Å². The Hall–Kier alpha value is -0.520. The van der Waals surface area contributed by atoms with Crippen molar-refractivity contribution in [2.24, 2.45) is 22.7 Å². The first-order chi connectivity index (χ1) is 12.0. The first-order valence-corrected chi connectivity index (χ1v) is 10.6. The molecule has 26 heavy (non-hydrogen) atoms. The summed E-state index contributed by atoms with van der Waals surface area (Å²) in [5.74, 6) is 0.381. The Morgan fingerprint density at radius 1 is 1.19 bits per heavy atom. The lowest BCUT2D eigenvalue weighted by Gasteiger charge is -2.65. The number of fused-ring (bicyclic) bond motifs is 5. The minimum Gasteiger partial charge on any atom is -0.392 e. The van der Waals surface area contributed by atoms with Crippen molar-refractivity contribution in [2.45, 2.75) is 81.7 Å². The highest BCUT2D eigenvalue weighted by atomic mass is 79.9. The summed E-state index contributed by atoms with van der Waals surface area (Å²) >= 11 is 4.02. The molecule has 144 valence electrons. The van der Waals surface area contributed by atoms with E-state index >= 15 is 0 Å². The van der Waals surface area contributed by atoms with Gasteiger partial charge in [-0.25, -0.2) is 0 Å². The highest BCUT2D eigenvalue weighted by Gasteiger charge is 2.72. The second kappa shape index (κ2) is 5.51. The predicted octanol–water partition coefficient (Wildman–Crippen LogP) is 3.33. The van der Waals surface area contributed by atoms with E-state index in [0.29, 0.717) is 19.3 Å². The summed E-state index contributed by atoms with van der Waals surface area (Å²) in [5, 5.41) is 22.6. The molecule has 0 aromatic rings. The summed E-state index contributed by atoms with van der Waals surface area (Å²) in [6, 6.07) is 0. The standard InChI is InChI=1S/C21H29BrO4/c1-12(23)20(26)9-7-15-16-5-4-13-10-14(24)6-8-18(13,2)21(16,22)17(25)11-19(15,20)3/h10,15-17,25-26H,4-9,11H2,1-3H3. The number of carbonyl (C=O) groups is 2. The van der Waals surface area contributed by atoms with Gasteiger partial charge in [0.2, 0.25) is 0 Å². The van der Waals surface area contributed by atoms with E-state index in [1.165, 1.54) is 6.92 Å². The monoisotopic (exact) mass is 424 g/mol. The zero-order valence-electron chi connectivity index (χ0n) is 15.8. The van der Waals surface area contributed by atoms with Gasteiger partial charge in [0.15, 0.2) is 11.6 Å². The van der Waals surface area contributed by atoms with Gasteiger partial charge in [-0.3, -0.25) is 9.59 Å². The second-order valence-electron chi connectivity index (χ2n) is 9.58. The number of aliphatic hydroxyl groups is 2. The number of hydrogen-bond acceptors (Lipinski definition) is 4. The van der Waals surface area contributed by atoms with Crippen LogP contribution in [0.2, 0.25) is 0 Å². The maximum atomic E-state index is 12.3. The molecule has 0 saturated heterocycles. The molecule has 0 radical (unpaired) electrons. The van der Waals surface area contributed by atoms with E-state index in [1.54, 1.807) is 0 Å². The normalized spacial score (nSPS) is 53.4. The average molecular weight is 425 g/mol. The minimum absolute atomic E-state index is 0.178. The molecule has 3 saturated carbocycles. The molecule has 4 nitrogen and oxygen atoms in total. The van der Waals surface area contributed by atoms with Crippen LogP contribution in [-0.2, 0) is 9.59 Å². The zero-order chi connectivity index (χ0) is 19.1. The van der Waals surface area contributed by atoms with E-state index in [9.17, 15) is 19.8 Å². The molecule has 4 aliphatic carbocycles. The first kappa shape index (κ1) is 18.8. The summed E-state index contributed by atoms with van der Waals surface area (Å²) in [4.78, 5) is 24.3. The molecule has 4 aliphatic rings. The topological polar surface area (TPSA) is 74.6 Å². The highest BCUT2D eigenvalue weighted by Crippen LogP contribution is 2.71. The molecule has 4 rings (SSSR count). The molecular weight excluding hydrogens is 396 g/mol. The maximum absolute atomic E-state index is 12.3. The van der Waals surface area contributed by atoms with Crippen LogP contribution in [0.3, 0.4) is 0 Å². The molecule has 0 spiro atoms. The van der Waals surface area contributed by atoms with E-state index in [2.05, 4.69) is 22.9 Å². The SMILES string of the molecule is CC(=O)C1(O)CCC2C3CCC4=CC(=O)CCC4(C)C3(Br)C(O)CC21C. The number of rotatable bonds is 1. The Bertz CT molecular complexity index is 717. The number of aliphatic hydroxyl groups excluding tert-OH is 1. The number of carbonyl (C=O) groups excluding carboxylic acids is 2. The smallest absolute Gasteiger partial charge is 0.161 e. The van der Waals surface area contributed by atoms with Gasteiger partial charge in [0.25, 0.3) is 0 Å². The van der Waals surface area contributed by atoms with Crippen molar-refractivity contribution in [1.29, 1.82) is 0 Å². The molecule has 2 N–H and O–H groups in total. The van der Waals surface area contributed by atoms with Gasteiger partial charge in [-0.1, -0.05) is 35.4 Å². The zero-order valence-corrected chi connectivity index (χ0v) is 17.4. The van der Waals surface area contributed by atoms with Crippen molar-refractivity contribution in [3.05, 3.63) is 11.6 Å². The maximum Gasteiger partial charge on any atom is 0.161 e. The summed E-state index contributed by atoms with van der Waals surface area (Å²) < 4.78 is -0.503. The van der Waals surface area contributed by atoms with Crippen LogP contribution >= 0.6 is 15.9 Å². The third-order valence-electron chi connectivity index (χ3n) is 8.78. The predicted molar refractivity (Wildman–Crippen MR) is 102 cm³/mol. The number of hydrogen-bond donors (Lipinski definition) is 2. The molecule has 3 fully saturated rings. The molecule has 7 atom stereocenters. The molecule has 0 amide bonds. The van der Waals surface area contributed by atoms with Crippen LogP contribution < -0.4 is 0 Å². The first-order valence-electron chi connectivity index (χ1n) is 9.85. The van der Waals surface area contributed by atoms with E-state index in [1.807, 2.05) is 13.0 Å². The van der Waals surface area contributed by atoms with Crippen LogP contribution in [0.5, 0.6) is 0 Å². The van der Waals surface area contributed by atoms with Crippen molar-refractivity contribution >= 4 is 27.5 Å². The molecule has 0 bridgehead atoms. The molecule has 0 heterocycles. The summed E-state index contributed by atoms with van der Waals surface area (Å²) in [7, 11) is 0. The Kier molecular flexibility index (Phi) is 3.99. The van der Waals surface area contributed by atoms with Crippen LogP contribution in [0, 0.1) is 22.7 Å². The summed E-state index contributed by atoms with van der Waals surface area (Å²) in [5.41, 5.74) is -1.04. The van der Waals surface area contributed by atoms with Gasteiger partial charge in [-0.05, 0) is 63.4 Å². The van der Waals surface area contributed by atoms with Gasteiger partial charge in [-0.2, -0.15) is 0 Å². The number of allylic oxidation sites excluding steroid dienone is 1. The van der Waals surface area contributed by atoms with Gasteiger partial charge >= 0.3 is 0 Å². The average Bonchev–Trinajstić information content (AvgIpc) is 2.83. The second-order valence-corrected chi connectivity index (χ2v) is 10.9. The number of ketones is 2. The van der Waals surface area contributed by atoms with Gasteiger partial charge in [0, 0.05) is 17.3 Å². The largest absolute Gasteiger partial charge is 0.392 e. The third kappa shape index (κ3) is 1.98. The van der Waals surface area contributed by atoms with E-state index in [4.69, 9.17) is 0 Å². The minimum atomic E-state index is -1.34. The van der Waals surface area contributed by atoms with Crippen LogP contribution in [0.1, 0.15) is 65.7 Å². The fraction of sp³-hybridized carbons (Fsp3) is 0.810. The van der Waals surface area contributed by atoms with Crippen molar-refractivity contribution in [3.63, 3.8) is 0 Å². The van der Waals surface area contributed by atoms with Crippen molar-refractivity contribution in [2.75, 3.05) is 0 Å². The fourth-order valence-corrected chi connectivity index (χ4v) is 8.32. The Balaban J connectivity index is 1.82. The number of halogens is 1. The lowest BCUT2D eigenvalue weighted by Crippen LogP contribution is -2.68. The molecule has 7 unspecified atom stereocenters. The third-order valence-corrected chi connectivity index (χ3v) is 10.8. The Morgan fingerprint density at radius 2 is 1.88 bits per heavy atom. The summed E-state index contributed by atoms with van der Waals surface area (Å²) in [6.45, 7) is 5.66.